The number of amides is 1. The molecule has 0 N–H and O–H groups in total. The lowest BCUT2D eigenvalue weighted by atomic mass is 9.96. The molecule has 1 aliphatic rings. The number of sulfonamides is 1. The van der Waals surface area contributed by atoms with Crippen LogP contribution in [0.15, 0.2) is 64.0 Å². The number of carbonyl (C=O) groups is 1. The third-order valence-electron chi connectivity index (χ3n) is 4.93. The highest BCUT2D eigenvalue weighted by Gasteiger charge is 2.33. The van der Waals surface area contributed by atoms with Crippen molar-refractivity contribution in [1.82, 2.24) is 9.21 Å². The first-order valence-electron chi connectivity index (χ1n) is 8.93. The van der Waals surface area contributed by atoms with Crippen molar-refractivity contribution in [3.63, 3.8) is 0 Å². The minimum atomic E-state index is -3.48. The van der Waals surface area contributed by atoms with Crippen LogP contribution >= 0.6 is 15.9 Å². The topological polar surface area (TPSA) is 57.7 Å². The summed E-state index contributed by atoms with van der Waals surface area (Å²) >= 11 is 3.51. The van der Waals surface area contributed by atoms with Gasteiger partial charge in [0.25, 0.3) is 0 Å². The molecule has 0 atom stereocenters. The Balaban J connectivity index is 1.60. The Labute approximate surface area is 169 Å². The Morgan fingerprint density at radius 1 is 1.07 bits per heavy atom. The van der Waals surface area contributed by atoms with Crippen molar-refractivity contribution in [3.05, 3.63) is 64.6 Å². The van der Waals surface area contributed by atoms with E-state index in [1.807, 2.05) is 24.3 Å². The van der Waals surface area contributed by atoms with E-state index in [1.54, 1.807) is 42.3 Å². The highest BCUT2D eigenvalue weighted by molar-refractivity contribution is 9.10. The fourth-order valence-electron chi connectivity index (χ4n) is 3.36. The van der Waals surface area contributed by atoms with Crippen LogP contribution in [0.4, 0.5) is 0 Å². The predicted molar refractivity (Wildman–Crippen MR) is 109 cm³/mol. The van der Waals surface area contributed by atoms with Gasteiger partial charge in [0.2, 0.25) is 15.9 Å². The Bertz CT molecular complexity index is 894. The highest BCUT2D eigenvalue weighted by atomic mass is 79.9. The van der Waals surface area contributed by atoms with Crippen molar-refractivity contribution in [2.45, 2.75) is 24.3 Å². The molecule has 0 saturated carbocycles. The minimum absolute atomic E-state index is 0.0718. The van der Waals surface area contributed by atoms with Crippen molar-refractivity contribution in [3.8, 4) is 0 Å². The summed E-state index contributed by atoms with van der Waals surface area (Å²) in [7, 11) is -1.68. The molecule has 0 bridgehead atoms. The van der Waals surface area contributed by atoms with Gasteiger partial charge in [-0.2, -0.15) is 4.31 Å². The van der Waals surface area contributed by atoms with Gasteiger partial charge in [0.15, 0.2) is 0 Å². The molecule has 1 fully saturated rings. The smallest absolute Gasteiger partial charge is 0.243 e. The largest absolute Gasteiger partial charge is 0.341 e. The maximum Gasteiger partial charge on any atom is 0.243 e. The zero-order valence-corrected chi connectivity index (χ0v) is 17.6. The summed E-state index contributed by atoms with van der Waals surface area (Å²) in [6.45, 7) is 1.27. The van der Waals surface area contributed by atoms with E-state index in [-0.39, 0.29) is 11.8 Å². The number of piperidine rings is 1. The highest BCUT2D eigenvalue weighted by Crippen LogP contribution is 2.26. The van der Waals surface area contributed by atoms with Gasteiger partial charge in [-0.15, -0.1) is 0 Å². The Kier molecular flexibility index (Phi) is 6.34. The van der Waals surface area contributed by atoms with Gasteiger partial charge in [0.05, 0.1) is 4.90 Å². The fourth-order valence-corrected chi connectivity index (χ4v) is 5.26. The molecule has 0 spiro atoms. The van der Waals surface area contributed by atoms with Crippen LogP contribution in [0.25, 0.3) is 0 Å². The molecule has 144 valence electrons. The molecule has 27 heavy (non-hydrogen) atoms. The second-order valence-corrected chi connectivity index (χ2v) is 9.57. The molecule has 1 aliphatic heterocycles. The molecule has 0 aliphatic carbocycles. The van der Waals surface area contributed by atoms with Crippen LogP contribution < -0.4 is 0 Å². The van der Waals surface area contributed by atoms with Gasteiger partial charge in [-0.25, -0.2) is 8.42 Å². The molecule has 1 heterocycles. The van der Waals surface area contributed by atoms with Gasteiger partial charge < -0.3 is 4.90 Å². The van der Waals surface area contributed by atoms with Gasteiger partial charge >= 0.3 is 0 Å². The number of carbonyl (C=O) groups excluding carboxylic acids is 1. The molecule has 1 saturated heterocycles. The minimum Gasteiger partial charge on any atom is -0.341 e. The quantitative estimate of drug-likeness (QED) is 0.699. The summed E-state index contributed by atoms with van der Waals surface area (Å²) in [6, 6.07) is 16.3. The number of rotatable bonds is 5. The average Bonchev–Trinajstić information content (AvgIpc) is 2.70. The third-order valence-corrected chi connectivity index (χ3v) is 7.61. The zero-order valence-electron chi connectivity index (χ0n) is 15.2. The van der Waals surface area contributed by atoms with E-state index >= 15 is 0 Å². The molecule has 0 aromatic heterocycles. The van der Waals surface area contributed by atoms with Gasteiger partial charge in [-0.3, -0.25) is 4.79 Å². The predicted octanol–water partition coefficient (Wildman–Crippen LogP) is 3.51. The van der Waals surface area contributed by atoms with E-state index in [0.29, 0.717) is 37.4 Å². The first-order chi connectivity index (χ1) is 12.9. The zero-order chi connectivity index (χ0) is 19.4. The van der Waals surface area contributed by atoms with Crippen LogP contribution in [0.5, 0.6) is 0 Å². The second-order valence-electron chi connectivity index (χ2n) is 6.78. The Morgan fingerprint density at radius 3 is 2.30 bits per heavy atom. The molecular formula is C20H23BrN2O3S. The molecule has 1 amide bonds. The fraction of sp³-hybridized carbons (Fsp3) is 0.350. The number of nitrogens with zero attached hydrogens (tertiary/aromatic N) is 2. The molecule has 3 rings (SSSR count). The summed E-state index contributed by atoms with van der Waals surface area (Å²) in [4.78, 5) is 14.8. The van der Waals surface area contributed by atoms with Crippen LogP contribution in [-0.4, -0.2) is 43.7 Å². The lowest BCUT2D eigenvalue weighted by molar-refractivity contribution is -0.135. The average molecular weight is 451 g/mol. The van der Waals surface area contributed by atoms with Gasteiger partial charge in [-0.05, 0) is 36.6 Å². The van der Waals surface area contributed by atoms with Gasteiger partial charge in [0.1, 0.15) is 0 Å². The van der Waals surface area contributed by atoms with E-state index in [4.69, 9.17) is 0 Å². The number of hydrogen-bond donors (Lipinski definition) is 0. The monoisotopic (exact) mass is 450 g/mol. The Morgan fingerprint density at radius 2 is 1.67 bits per heavy atom. The number of hydrogen-bond acceptors (Lipinski definition) is 3. The lowest BCUT2D eigenvalue weighted by Crippen LogP contribution is -2.43. The first-order valence-corrected chi connectivity index (χ1v) is 11.2. The summed E-state index contributed by atoms with van der Waals surface area (Å²) < 4.78 is 27.9. The van der Waals surface area contributed by atoms with Gasteiger partial charge in [0, 0.05) is 37.1 Å². The standard InChI is InChI=1S/C20H23BrN2O3S/c1-22(15-17-7-5-6-10-19(17)21)20(24)16-11-13-23(14-12-16)27(25,26)18-8-3-2-4-9-18/h2-10,16H,11-15H2,1H3. The lowest BCUT2D eigenvalue weighted by Gasteiger charge is -2.32. The second kappa shape index (κ2) is 8.54. The van der Waals surface area contributed by atoms with Crippen LogP contribution in [0.1, 0.15) is 18.4 Å². The Hall–Kier alpha value is -1.70. The summed E-state index contributed by atoms with van der Waals surface area (Å²) in [6.07, 6.45) is 1.09. The van der Waals surface area contributed by atoms with Crippen LogP contribution in [0, 0.1) is 5.92 Å². The summed E-state index contributed by atoms with van der Waals surface area (Å²) in [5, 5.41) is 0. The van der Waals surface area contributed by atoms with E-state index in [1.165, 1.54) is 4.31 Å². The van der Waals surface area contributed by atoms with Crippen LogP contribution in [-0.2, 0) is 21.4 Å². The maximum absolute atomic E-state index is 12.8. The summed E-state index contributed by atoms with van der Waals surface area (Å²) in [5.41, 5.74) is 1.05. The first kappa shape index (κ1) is 20.0. The normalized spacial score (nSPS) is 16.2. The van der Waals surface area contributed by atoms with Crippen molar-refractivity contribution in [2.24, 2.45) is 5.92 Å². The van der Waals surface area contributed by atoms with E-state index in [0.717, 1.165) is 10.0 Å². The molecule has 2 aromatic carbocycles. The van der Waals surface area contributed by atoms with E-state index in [2.05, 4.69) is 15.9 Å². The molecule has 0 unspecified atom stereocenters. The van der Waals surface area contributed by atoms with Gasteiger partial charge in [-0.1, -0.05) is 52.3 Å². The van der Waals surface area contributed by atoms with Crippen LogP contribution in [0.3, 0.4) is 0 Å². The van der Waals surface area contributed by atoms with E-state index < -0.39 is 10.0 Å². The number of halogens is 1. The SMILES string of the molecule is CN(Cc1ccccc1Br)C(=O)C1CCN(S(=O)(=O)c2ccccc2)CC1. The van der Waals surface area contributed by atoms with Crippen molar-refractivity contribution in [1.29, 1.82) is 0 Å². The van der Waals surface area contributed by atoms with Crippen molar-refractivity contribution < 1.29 is 13.2 Å². The molecule has 5 nitrogen and oxygen atoms in total. The van der Waals surface area contributed by atoms with Crippen LogP contribution in [0.2, 0.25) is 0 Å². The molecule has 0 radical (unpaired) electrons. The van der Waals surface area contributed by atoms with E-state index in [9.17, 15) is 13.2 Å². The van der Waals surface area contributed by atoms with Crippen molar-refractivity contribution >= 4 is 31.9 Å². The molecule has 7 heteroatoms. The molecular weight excluding hydrogens is 428 g/mol. The summed E-state index contributed by atoms with van der Waals surface area (Å²) in [5.74, 6) is -0.0674. The number of benzene rings is 2. The van der Waals surface area contributed by atoms with Crippen molar-refractivity contribution in [2.75, 3.05) is 20.1 Å². The maximum atomic E-state index is 12.8. The molecule has 2 aromatic rings. The third kappa shape index (κ3) is 4.59.